The maximum atomic E-state index is 14.4. The summed E-state index contributed by atoms with van der Waals surface area (Å²) in [6, 6.07) is 8.83. The summed E-state index contributed by atoms with van der Waals surface area (Å²) in [6.07, 6.45) is 3.49. The fraction of sp³-hybridized carbons (Fsp3) is 0.364. The van der Waals surface area contributed by atoms with E-state index in [0.29, 0.717) is 12.2 Å². The number of hydrogen-bond donors (Lipinski definition) is 1. The van der Waals surface area contributed by atoms with Gasteiger partial charge in [-0.05, 0) is 58.0 Å². The van der Waals surface area contributed by atoms with Crippen molar-refractivity contribution in [2.45, 2.75) is 33.2 Å². The second-order valence-corrected chi connectivity index (χ2v) is 9.14. The minimum absolute atomic E-state index is 0.0337. The van der Waals surface area contributed by atoms with Crippen LogP contribution in [-0.4, -0.2) is 33.7 Å². The molecule has 0 unspecified atom stereocenters. The maximum Gasteiger partial charge on any atom is 0.220 e. The van der Waals surface area contributed by atoms with Crippen LogP contribution in [0.4, 0.5) is 4.39 Å². The van der Waals surface area contributed by atoms with Gasteiger partial charge in [0.1, 0.15) is 11.5 Å². The number of nitrogens with two attached hydrogens (primary N) is 1. The quantitative estimate of drug-likeness (QED) is 0.687. The number of piperidine rings is 1. The predicted octanol–water partition coefficient (Wildman–Crippen LogP) is 4.05. The van der Waals surface area contributed by atoms with Crippen LogP contribution in [0.3, 0.4) is 0 Å². The summed E-state index contributed by atoms with van der Waals surface area (Å²) in [5, 5.41) is 4.78. The van der Waals surface area contributed by atoms with Crippen molar-refractivity contribution in [2.24, 2.45) is 11.7 Å². The first kappa shape index (κ1) is 19.8. The summed E-state index contributed by atoms with van der Waals surface area (Å²) in [4.78, 5) is 16.2. The van der Waals surface area contributed by atoms with E-state index in [1.807, 2.05) is 12.3 Å². The van der Waals surface area contributed by atoms with Crippen molar-refractivity contribution >= 4 is 17.2 Å². The Bertz CT molecular complexity index is 1030. The first-order valence-electron chi connectivity index (χ1n) is 9.85. The molecule has 1 aliphatic heterocycles. The second kappa shape index (κ2) is 8.08. The summed E-state index contributed by atoms with van der Waals surface area (Å²) in [6.45, 7) is 6.53. The van der Waals surface area contributed by atoms with E-state index in [2.05, 4.69) is 24.8 Å². The summed E-state index contributed by atoms with van der Waals surface area (Å²) in [5.74, 6) is -0.538. The van der Waals surface area contributed by atoms with Gasteiger partial charge in [-0.15, -0.1) is 11.3 Å². The van der Waals surface area contributed by atoms with Crippen LogP contribution in [0.2, 0.25) is 0 Å². The van der Waals surface area contributed by atoms with Gasteiger partial charge in [-0.25, -0.2) is 9.07 Å². The van der Waals surface area contributed by atoms with Crippen molar-refractivity contribution in [1.82, 2.24) is 14.7 Å². The molecule has 3 heterocycles. The number of aromatic nitrogens is 2. The number of carbonyl (C=O) groups is 1. The number of para-hydroxylation sites is 1. The molecule has 0 radical (unpaired) electrons. The third-order valence-electron chi connectivity index (χ3n) is 5.57. The van der Waals surface area contributed by atoms with Crippen molar-refractivity contribution in [3.8, 4) is 16.9 Å². The average molecular weight is 413 g/mol. The van der Waals surface area contributed by atoms with Crippen molar-refractivity contribution in [1.29, 1.82) is 0 Å². The van der Waals surface area contributed by atoms with Gasteiger partial charge >= 0.3 is 0 Å². The van der Waals surface area contributed by atoms with Crippen LogP contribution in [0.1, 0.15) is 28.2 Å². The molecule has 1 amide bonds. The van der Waals surface area contributed by atoms with Crippen molar-refractivity contribution in [3.05, 3.63) is 57.7 Å². The van der Waals surface area contributed by atoms with E-state index in [0.717, 1.165) is 42.8 Å². The normalized spacial score (nSPS) is 15.7. The minimum Gasteiger partial charge on any atom is -0.369 e. The number of aryl methyl sites for hydroxylation is 2. The molecule has 29 heavy (non-hydrogen) atoms. The summed E-state index contributed by atoms with van der Waals surface area (Å²) >= 11 is 1.74. The van der Waals surface area contributed by atoms with Crippen LogP contribution in [0, 0.1) is 25.6 Å². The Hall–Kier alpha value is -2.51. The Kier molecular flexibility index (Phi) is 5.52. The molecule has 7 heteroatoms. The zero-order valence-corrected chi connectivity index (χ0v) is 17.5. The summed E-state index contributed by atoms with van der Waals surface area (Å²) in [7, 11) is 0. The number of likely N-dealkylation sites (tertiary alicyclic amines) is 1. The molecule has 0 bridgehead atoms. The highest BCUT2D eigenvalue weighted by atomic mass is 32.1. The molecule has 1 aromatic carbocycles. The zero-order valence-electron chi connectivity index (χ0n) is 16.7. The van der Waals surface area contributed by atoms with Gasteiger partial charge in [0.05, 0.1) is 5.69 Å². The Balaban J connectivity index is 1.67. The van der Waals surface area contributed by atoms with Crippen molar-refractivity contribution < 1.29 is 9.18 Å². The lowest BCUT2D eigenvalue weighted by Gasteiger charge is -2.30. The van der Waals surface area contributed by atoms with Gasteiger partial charge in [0, 0.05) is 39.5 Å². The molecule has 4 rings (SSSR count). The Morgan fingerprint density at radius 3 is 2.62 bits per heavy atom. The number of nitrogens with zero attached hydrogens (tertiary/aromatic N) is 3. The highest BCUT2D eigenvalue weighted by molar-refractivity contribution is 7.12. The van der Waals surface area contributed by atoms with Crippen LogP contribution < -0.4 is 5.73 Å². The van der Waals surface area contributed by atoms with Gasteiger partial charge in [-0.1, -0.05) is 12.1 Å². The summed E-state index contributed by atoms with van der Waals surface area (Å²) < 4.78 is 16.0. The third-order valence-corrected chi connectivity index (χ3v) is 6.54. The number of amides is 1. The molecule has 0 saturated carbocycles. The monoisotopic (exact) mass is 412 g/mol. The number of rotatable bonds is 5. The second-order valence-electron chi connectivity index (χ2n) is 7.68. The third kappa shape index (κ3) is 4.11. The number of benzene rings is 1. The standard InChI is InChI=1S/C22H25FN4OS/c1-14-11-18(15(2)29-14)21-17(12-26-9-7-16(8-10-26)22(24)28)13-27(25-21)20-6-4-3-5-19(20)23/h3-6,11,13,16H,7-10,12H2,1-2H3,(H2,24,28). The fourth-order valence-corrected chi connectivity index (χ4v) is 4.92. The lowest BCUT2D eigenvalue weighted by atomic mass is 9.96. The van der Waals surface area contributed by atoms with Crippen LogP contribution in [0.15, 0.2) is 36.5 Å². The molecule has 0 atom stereocenters. The van der Waals surface area contributed by atoms with Crippen LogP contribution in [0.5, 0.6) is 0 Å². The molecule has 0 aliphatic carbocycles. The van der Waals surface area contributed by atoms with Crippen LogP contribution in [-0.2, 0) is 11.3 Å². The Labute approximate surface area is 173 Å². The summed E-state index contributed by atoms with van der Waals surface area (Å²) in [5.41, 5.74) is 8.96. The molecule has 152 valence electrons. The number of thiophene rings is 1. The molecule has 1 saturated heterocycles. The highest BCUT2D eigenvalue weighted by Crippen LogP contribution is 2.33. The minimum atomic E-state index is -0.298. The smallest absolute Gasteiger partial charge is 0.220 e. The molecule has 3 aromatic rings. The number of carbonyl (C=O) groups excluding carboxylic acids is 1. The Morgan fingerprint density at radius 2 is 2.00 bits per heavy atom. The van der Waals surface area contributed by atoms with E-state index in [4.69, 9.17) is 10.8 Å². The molecule has 0 spiro atoms. The van der Waals surface area contributed by atoms with Crippen LogP contribution >= 0.6 is 11.3 Å². The number of halogens is 1. The molecule has 1 fully saturated rings. The van der Waals surface area contributed by atoms with Crippen molar-refractivity contribution in [3.63, 3.8) is 0 Å². The fourth-order valence-electron chi connectivity index (χ4n) is 4.00. The van der Waals surface area contributed by atoms with E-state index in [1.54, 1.807) is 28.2 Å². The van der Waals surface area contributed by atoms with E-state index >= 15 is 0 Å². The van der Waals surface area contributed by atoms with E-state index < -0.39 is 0 Å². The van der Waals surface area contributed by atoms with Crippen LogP contribution in [0.25, 0.3) is 16.9 Å². The average Bonchev–Trinajstić information content (AvgIpc) is 3.24. The highest BCUT2D eigenvalue weighted by Gasteiger charge is 2.25. The molecular formula is C22H25FN4OS. The maximum absolute atomic E-state index is 14.4. The molecule has 1 aliphatic rings. The molecule has 2 aromatic heterocycles. The lowest BCUT2D eigenvalue weighted by molar-refractivity contribution is -0.123. The lowest BCUT2D eigenvalue weighted by Crippen LogP contribution is -2.38. The van der Waals surface area contributed by atoms with E-state index in [1.165, 1.54) is 15.8 Å². The van der Waals surface area contributed by atoms with Gasteiger partial charge in [-0.2, -0.15) is 5.10 Å². The van der Waals surface area contributed by atoms with Gasteiger partial charge < -0.3 is 5.73 Å². The van der Waals surface area contributed by atoms with E-state index in [-0.39, 0.29) is 17.6 Å². The van der Waals surface area contributed by atoms with E-state index in [9.17, 15) is 9.18 Å². The number of hydrogen-bond acceptors (Lipinski definition) is 4. The topological polar surface area (TPSA) is 64.2 Å². The Morgan fingerprint density at radius 1 is 1.28 bits per heavy atom. The zero-order chi connectivity index (χ0) is 20.5. The predicted molar refractivity (Wildman–Crippen MR) is 114 cm³/mol. The molecule has 5 nitrogen and oxygen atoms in total. The van der Waals surface area contributed by atoms with Gasteiger partial charge in [-0.3, -0.25) is 9.69 Å². The molecular weight excluding hydrogens is 387 g/mol. The van der Waals surface area contributed by atoms with Gasteiger partial charge in [0.15, 0.2) is 0 Å². The van der Waals surface area contributed by atoms with Gasteiger partial charge in [0.25, 0.3) is 0 Å². The van der Waals surface area contributed by atoms with Gasteiger partial charge in [0.2, 0.25) is 5.91 Å². The molecule has 2 N–H and O–H groups in total. The largest absolute Gasteiger partial charge is 0.369 e. The number of primary amides is 1. The first-order valence-corrected chi connectivity index (χ1v) is 10.7. The van der Waals surface area contributed by atoms with Crippen molar-refractivity contribution in [2.75, 3.05) is 13.1 Å². The SMILES string of the molecule is Cc1cc(-c2nn(-c3ccccc3F)cc2CN2CCC(C(N)=O)CC2)c(C)s1. The first-order chi connectivity index (χ1) is 13.9.